The Balaban J connectivity index is 3.34. The Labute approximate surface area is 85.7 Å². The molecule has 0 radical (unpaired) electrons. The molecule has 0 aliphatic rings. The standard InChI is InChI=1S/C8H9F2NO3S/c1-2-14-5-3-4-6(15(11,12)13)8(10)7(5)9/h3-4H,2H2,1H3,(H2,11,12,13). The van der Waals surface area contributed by atoms with E-state index in [2.05, 4.69) is 5.14 Å². The van der Waals surface area contributed by atoms with Crippen molar-refractivity contribution in [2.45, 2.75) is 11.8 Å². The summed E-state index contributed by atoms with van der Waals surface area (Å²) in [7, 11) is -4.26. The summed E-state index contributed by atoms with van der Waals surface area (Å²) in [6.07, 6.45) is 0. The molecule has 2 N–H and O–H groups in total. The van der Waals surface area contributed by atoms with Gasteiger partial charge in [-0.15, -0.1) is 0 Å². The maximum atomic E-state index is 13.2. The average molecular weight is 237 g/mol. The average Bonchev–Trinajstić information content (AvgIpc) is 2.11. The van der Waals surface area contributed by atoms with Gasteiger partial charge in [0.1, 0.15) is 4.90 Å². The smallest absolute Gasteiger partial charge is 0.241 e. The molecule has 84 valence electrons. The van der Waals surface area contributed by atoms with E-state index in [1.165, 1.54) is 0 Å². The molecule has 0 spiro atoms. The van der Waals surface area contributed by atoms with Crippen LogP contribution in [0.25, 0.3) is 0 Å². The van der Waals surface area contributed by atoms with Crippen molar-refractivity contribution in [2.24, 2.45) is 5.14 Å². The van der Waals surface area contributed by atoms with E-state index in [0.717, 1.165) is 12.1 Å². The zero-order chi connectivity index (χ0) is 11.6. The van der Waals surface area contributed by atoms with Crippen molar-refractivity contribution < 1.29 is 21.9 Å². The van der Waals surface area contributed by atoms with Gasteiger partial charge in [-0.25, -0.2) is 17.9 Å². The molecule has 1 aromatic rings. The second kappa shape index (κ2) is 4.11. The third-order valence-electron chi connectivity index (χ3n) is 1.62. The topological polar surface area (TPSA) is 69.4 Å². The molecule has 1 aromatic carbocycles. The Morgan fingerprint density at radius 3 is 2.40 bits per heavy atom. The molecule has 0 saturated heterocycles. The number of nitrogens with two attached hydrogens (primary N) is 1. The van der Waals surface area contributed by atoms with Crippen molar-refractivity contribution in [1.82, 2.24) is 0 Å². The molecule has 4 nitrogen and oxygen atoms in total. The molecule has 0 atom stereocenters. The van der Waals surface area contributed by atoms with Gasteiger partial charge in [0, 0.05) is 0 Å². The molecule has 0 saturated carbocycles. The van der Waals surface area contributed by atoms with Gasteiger partial charge in [0.15, 0.2) is 11.6 Å². The van der Waals surface area contributed by atoms with Crippen LogP contribution in [0.3, 0.4) is 0 Å². The lowest BCUT2D eigenvalue weighted by molar-refractivity contribution is 0.312. The number of halogens is 2. The van der Waals surface area contributed by atoms with E-state index >= 15 is 0 Å². The lowest BCUT2D eigenvalue weighted by atomic mass is 10.3. The van der Waals surface area contributed by atoms with Crippen LogP contribution in [0.4, 0.5) is 8.78 Å². The van der Waals surface area contributed by atoms with E-state index in [-0.39, 0.29) is 12.4 Å². The summed E-state index contributed by atoms with van der Waals surface area (Å²) in [5, 5.41) is 4.68. The van der Waals surface area contributed by atoms with Gasteiger partial charge in [-0.1, -0.05) is 0 Å². The van der Waals surface area contributed by atoms with Crippen molar-refractivity contribution in [1.29, 1.82) is 0 Å². The van der Waals surface area contributed by atoms with Crippen LogP contribution < -0.4 is 9.88 Å². The first-order valence-corrected chi connectivity index (χ1v) is 5.56. The summed E-state index contributed by atoms with van der Waals surface area (Å²) in [6, 6.07) is 1.88. The Morgan fingerprint density at radius 2 is 1.93 bits per heavy atom. The van der Waals surface area contributed by atoms with Crippen LogP contribution in [0.15, 0.2) is 17.0 Å². The summed E-state index contributed by atoms with van der Waals surface area (Å²) < 4.78 is 52.7. The molecular formula is C8H9F2NO3S. The number of primary sulfonamides is 1. The van der Waals surface area contributed by atoms with Crippen molar-refractivity contribution in [3.05, 3.63) is 23.8 Å². The monoisotopic (exact) mass is 237 g/mol. The minimum absolute atomic E-state index is 0.144. The van der Waals surface area contributed by atoms with Crippen LogP contribution in [0, 0.1) is 11.6 Å². The van der Waals surface area contributed by atoms with Crippen LogP contribution in [0.1, 0.15) is 6.92 Å². The van der Waals surface area contributed by atoms with E-state index in [1.807, 2.05) is 0 Å². The Bertz CT molecular complexity index is 473. The van der Waals surface area contributed by atoms with E-state index in [0.29, 0.717) is 0 Å². The Hall–Kier alpha value is -1.21. The maximum absolute atomic E-state index is 13.2. The van der Waals surface area contributed by atoms with E-state index in [1.54, 1.807) is 6.92 Å². The first-order chi connectivity index (χ1) is 6.88. The second-order valence-corrected chi connectivity index (χ2v) is 4.20. The van der Waals surface area contributed by atoms with Gasteiger partial charge in [-0.2, -0.15) is 4.39 Å². The largest absolute Gasteiger partial charge is 0.491 e. The van der Waals surface area contributed by atoms with Crippen molar-refractivity contribution in [2.75, 3.05) is 6.61 Å². The van der Waals surface area contributed by atoms with Crippen molar-refractivity contribution >= 4 is 10.0 Å². The van der Waals surface area contributed by atoms with Crippen LogP contribution in [0.2, 0.25) is 0 Å². The normalized spacial score (nSPS) is 11.5. The second-order valence-electron chi connectivity index (χ2n) is 2.67. The summed E-state index contributed by atoms with van der Waals surface area (Å²) in [5.74, 6) is -3.23. The molecule has 0 aliphatic carbocycles. The summed E-state index contributed by atoms with van der Waals surface area (Å²) >= 11 is 0. The predicted octanol–water partition coefficient (Wildman–Crippen LogP) is 1.01. The Kier molecular flexibility index (Phi) is 3.25. The van der Waals surface area contributed by atoms with Gasteiger partial charge in [0.2, 0.25) is 15.8 Å². The molecule has 1 rings (SSSR count). The number of benzene rings is 1. The maximum Gasteiger partial charge on any atom is 0.241 e. The van der Waals surface area contributed by atoms with Crippen LogP contribution in [-0.4, -0.2) is 15.0 Å². The fourth-order valence-electron chi connectivity index (χ4n) is 1.00. The van der Waals surface area contributed by atoms with E-state index in [9.17, 15) is 17.2 Å². The van der Waals surface area contributed by atoms with Gasteiger partial charge >= 0.3 is 0 Å². The fourth-order valence-corrected chi connectivity index (χ4v) is 1.60. The lowest BCUT2D eigenvalue weighted by Gasteiger charge is -2.07. The fraction of sp³-hybridized carbons (Fsp3) is 0.250. The highest BCUT2D eigenvalue weighted by atomic mass is 32.2. The highest BCUT2D eigenvalue weighted by Crippen LogP contribution is 2.24. The first-order valence-electron chi connectivity index (χ1n) is 4.01. The summed E-state index contributed by atoms with van der Waals surface area (Å²) in [4.78, 5) is -0.886. The lowest BCUT2D eigenvalue weighted by Crippen LogP contribution is -2.15. The molecule has 0 aromatic heterocycles. The molecule has 0 aliphatic heterocycles. The van der Waals surface area contributed by atoms with E-state index < -0.39 is 26.6 Å². The quantitative estimate of drug-likeness (QED) is 0.853. The molecule has 7 heteroatoms. The summed E-state index contributed by atoms with van der Waals surface area (Å²) in [6.45, 7) is 1.73. The zero-order valence-electron chi connectivity index (χ0n) is 7.83. The highest BCUT2D eigenvalue weighted by molar-refractivity contribution is 7.89. The number of hydrogen-bond donors (Lipinski definition) is 1. The number of hydrogen-bond acceptors (Lipinski definition) is 3. The van der Waals surface area contributed by atoms with Crippen molar-refractivity contribution in [3.63, 3.8) is 0 Å². The first kappa shape index (κ1) is 11.9. The minimum Gasteiger partial charge on any atom is -0.491 e. The molecule has 0 unspecified atom stereocenters. The molecule has 0 heterocycles. The number of rotatable bonds is 3. The predicted molar refractivity (Wildman–Crippen MR) is 48.9 cm³/mol. The molecule has 0 bridgehead atoms. The zero-order valence-corrected chi connectivity index (χ0v) is 8.64. The van der Waals surface area contributed by atoms with Gasteiger partial charge in [-0.3, -0.25) is 0 Å². The van der Waals surface area contributed by atoms with Gasteiger partial charge in [0.05, 0.1) is 6.61 Å². The Morgan fingerprint density at radius 1 is 1.33 bits per heavy atom. The van der Waals surface area contributed by atoms with E-state index in [4.69, 9.17) is 4.74 Å². The van der Waals surface area contributed by atoms with Crippen LogP contribution >= 0.6 is 0 Å². The summed E-state index contributed by atoms with van der Waals surface area (Å²) in [5.41, 5.74) is 0. The molecule has 0 fully saturated rings. The van der Waals surface area contributed by atoms with Crippen LogP contribution in [-0.2, 0) is 10.0 Å². The van der Waals surface area contributed by atoms with Gasteiger partial charge in [0.25, 0.3) is 0 Å². The number of sulfonamides is 1. The molecular weight excluding hydrogens is 228 g/mol. The number of ether oxygens (including phenoxy) is 1. The van der Waals surface area contributed by atoms with Gasteiger partial charge in [-0.05, 0) is 19.1 Å². The minimum atomic E-state index is -4.26. The van der Waals surface area contributed by atoms with Crippen LogP contribution in [0.5, 0.6) is 5.75 Å². The van der Waals surface area contributed by atoms with Crippen molar-refractivity contribution in [3.8, 4) is 5.75 Å². The van der Waals surface area contributed by atoms with Gasteiger partial charge < -0.3 is 4.74 Å². The third kappa shape index (κ3) is 2.42. The third-order valence-corrected chi connectivity index (χ3v) is 2.55. The molecule has 0 amide bonds. The molecule has 15 heavy (non-hydrogen) atoms. The SMILES string of the molecule is CCOc1ccc(S(N)(=O)=O)c(F)c1F. The highest BCUT2D eigenvalue weighted by Gasteiger charge is 2.21.